The minimum absolute atomic E-state index is 0.203. The van der Waals surface area contributed by atoms with Crippen LogP contribution in [0.3, 0.4) is 0 Å². The molecule has 0 bridgehead atoms. The maximum atomic E-state index is 10.4. The Morgan fingerprint density at radius 2 is 2.06 bits per heavy atom. The van der Waals surface area contributed by atoms with Crippen molar-refractivity contribution in [2.75, 3.05) is 6.61 Å². The van der Waals surface area contributed by atoms with E-state index in [1.54, 1.807) is 24.3 Å². The molecule has 86 valence electrons. The highest BCUT2D eigenvalue weighted by Crippen LogP contribution is 2.21. The number of carboxylic acid groups (broad SMARTS) is 1. The lowest BCUT2D eigenvalue weighted by Gasteiger charge is -2.05. The fraction of sp³-hybridized carbons (Fsp3) is 0.250. The molecule has 0 saturated carbocycles. The van der Waals surface area contributed by atoms with E-state index >= 15 is 0 Å². The van der Waals surface area contributed by atoms with Crippen LogP contribution in [0, 0.1) is 0 Å². The van der Waals surface area contributed by atoms with Crippen LogP contribution >= 0.6 is 11.6 Å². The van der Waals surface area contributed by atoms with Crippen molar-refractivity contribution in [2.24, 2.45) is 0 Å². The van der Waals surface area contributed by atoms with Crippen LogP contribution in [0.2, 0.25) is 0 Å². The predicted molar refractivity (Wildman–Crippen MR) is 63.7 cm³/mol. The van der Waals surface area contributed by atoms with E-state index in [0.717, 1.165) is 18.2 Å². The van der Waals surface area contributed by atoms with Gasteiger partial charge in [-0.15, -0.1) is 0 Å². The van der Waals surface area contributed by atoms with Gasteiger partial charge in [0, 0.05) is 6.08 Å². The van der Waals surface area contributed by atoms with E-state index in [1.807, 2.05) is 6.92 Å². The first kappa shape index (κ1) is 12.6. The van der Waals surface area contributed by atoms with Crippen molar-refractivity contribution in [1.82, 2.24) is 0 Å². The summed E-state index contributed by atoms with van der Waals surface area (Å²) < 4.78 is 5.39. The summed E-state index contributed by atoms with van der Waals surface area (Å²) in [6, 6.07) is 6.99. The summed E-state index contributed by atoms with van der Waals surface area (Å²) in [5.74, 6) is -0.304. The second-order valence-corrected chi connectivity index (χ2v) is 3.61. The highest BCUT2D eigenvalue weighted by molar-refractivity contribution is 6.50. The topological polar surface area (TPSA) is 46.5 Å². The van der Waals surface area contributed by atoms with Gasteiger partial charge in [-0.25, -0.2) is 4.79 Å². The molecular weight excluding hydrogens is 228 g/mol. The summed E-state index contributed by atoms with van der Waals surface area (Å²) in [6.45, 7) is 2.69. The van der Waals surface area contributed by atoms with Gasteiger partial charge in [0.2, 0.25) is 0 Å². The Kier molecular flexibility index (Phi) is 4.86. The number of hydrogen-bond donors (Lipinski definition) is 1. The Balaban J connectivity index is 2.74. The predicted octanol–water partition coefficient (Wildman–Crippen LogP) is 3.14. The fourth-order valence-corrected chi connectivity index (χ4v) is 1.34. The van der Waals surface area contributed by atoms with Crippen LogP contribution in [0.5, 0.6) is 5.75 Å². The van der Waals surface area contributed by atoms with Gasteiger partial charge in [-0.2, -0.15) is 0 Å². The highest BCUT2D eigenvalue weighted by Gasteiger charge is 2.01. The SMILES string of the molecule is CCCOc1ccc(/C(Cl)=C/C(=O)O)cc1. The lowest BCUT2D eigenvalue weighted by molar-refractivity contribution is -0.131. The number of carbonyl (C=O) groups is 1. The lowest BCUT2D eigenvalue weighted by Crippen LogP contribution is -1.94. The van der Waals surface area contributed by atoms with Crippen LogP contribution < -0.4 is 4.74 Å². The third-order valence-corrected chi connectivity index (χ3v) is 2.18. The summed E-state index contributed by atoms with van der Waals surface area (Å²) in [7, 11) is 0. The number of benzene rings is 1. The summed E-state index contributed by atoms with van der Waals surface area (Å²) in [6.07, 6.45) is 1.91. The zero-order valence-corrected chi connectivity index (χ0v) is 9.70. The van der Waals surface area contributed by atoms with E-state index in [0.29, 0.717) is 12.2 Å². The van der Waals surface area contributed by atoms with Gasteiger partial charge in [0.25, 0.3) is 0 Å². The average Bonchev–Trinajstić information content (AvgIpc) is 2.26. The van der Waals surface area contributed by atoms with Crippen LogP contribution in [0.15, 0.2) is 30.3 Å². The van der Waals surface area contributed by atoms with Crippen molar-refractivity contribution in [3.63, 3.8) is 0 Å². The number of ether oxygens (including phenoxy) is 1. The zero-order valence-electron chi connectivity index (χ0n) is 8.94. The summed E-state index contributed by atoms with van der Waals surface area (Å²) in [5.41, 5.74) is 0.660. The standard InChI is InChI=1S/C12H13ClO3/c1-2-7-16-10-5-3-9(4-6-10)11(13)8-12(14)15/h3-6,8H,2,7H2,1H3,(H,14,15)/b11-8-. The molecule has 1 N–H and O–H groups in total. The van der Waals surface area contributed by atoms with E-state index < -0.39 is 5.97 Å². The Labute approximate surface area is 99.3 Å². The number of halogens is 1. The van der Waals surface area contributed by atoms with Gasteiger partial charge in [0.05, 0.1) is 11.6 Å². The van der Waals surface area contributed by atoms with E-state index in [9.17, 15) is 4.79 Å². The van der Waals surface area contributed by atoms with Crippen LogP contribution in [0.4, 0.5) is 0 Å². The molecule has 0 unspecified atom stereocenters. The largest absolute Gasteiger partial charge is 0.494 e. The molecule has 0 aromatic heterocycles. The molecule has 3 nitrogen and oxygen atoms in total. The van der Waals surface area contributed by atoms with Crippen LogP contribution in [-0.4, -0.2) is 17.7 Å². The molecule has 1 rings (SSSR count). The first-order chi connectivity index (χ1) is 7.63. The first-order valence-corrected chi connectivity index (χ1v) is 5.34. The molecule has 0 spiro atoms. The molecule has 0 heterocycles. The average molecular weight is 241 g/mol. The summed E-state index contributed by atoms with van der Waals surface area (Å²) in [4.78, 5) is 10.4. The normalized spacial score (nSPS) is 11.2. The molecule has 1 aromatic carbocycles. The van der Waals surface area contributed by atoms with Crippen molar-refractivity contribution in [3.8, 4) is 5.75 Å². The van der Waals surface area contributed by atoms with Crippen molar-refractivity contribution >= 4 is 22.6 Å². The van der Waals surface area contributed by atoms with Gasteiger partial charge in [0.1, 0.15) is 5.75 Å². The molecule has 0 amide bonds. The molecule has 0 saturated heterocycles. The molecular formula is C12H13ClO3. The van der Waals surface area contributed by atoms with E-state index in [4.69, 9.17) is 21.4 Å². The highest BCUT2D eigenvalue weighted by atomic mass is 35.5. The molecule has 0 atom stereocenters. The summed E-state index contributed by atoms with van der Waals surface area (Å²) in [5, 5.41) is 8.73. The van der Waals surface area contributed by atoms with Crippen LogP contribution in [0.25, 0.3) is 5.03 Å². The molecule has 0 radical (unpaired) electrons. The third-order valence-electron chi connectivity index (χ3n) is 1.85. The van der Waals surface area contributed by atoms with Gasteiger partial charge in [-0.05, 0) is 36.2 Å². The number of aliphatic carboxylic acids is 1. The maximum Gasteiger partial charge on any atom is 0.329 e. The van der Waals surface area contributed by atoms with Crippen LogP contribution in [-0.2, 0) is 4.79 Å². The second kappa shape index (κ2) is 6.18. The maximum absolute atomic E-state index is 10.4. The van der Waals surface area contributed by atoms with E-state index in [1.165, 1.54) is 0 Å². The van der Waals surface area contributed by atoms with Gasteiger partial charge in [0.15, 0.2) is 0 Å². The number of hydrogen-bond acceptors (Lipinski definition) is 2. The van der Waals surface area contributed by atoms with E-state index in [2.05, 4.69) is 0 Å². The molecule has 0 aliphatic rings. The zero-order chi connectivity index (χ0) is 12.0. The fourth-order valence-electron chi connectivity index (χ4n) is 1.12. The molecule has 16 heavy (non-hydrogen) atoms. The number of carboxylic acids is 1. The lowest BCUT2D eigenvalue weighted by atomic mass is 10.2. The Hall–Kier alpha value is -1.48. The molecule has 1 aromatic rings. The van der Waals surface area contributed by atoms with Crippen LogP contribution in [0.1, 0.15) is 18.9 Å². The Bertz CT molecular complexity index is 382. The molecule has 0 fully saturated rings. The van der Waals surface area contributed by atoms with Gasteiger partial charge >= 0.3 is 5.97 Å². The van der Waals surface area contributed by atoms with E-state index in [-0.39, 0.29) is 5.03 Å². The smallest absolute Gasteiger partial charge is 0.329 e. The third kappa shape index (κ3) is 3.95. The quantitative estimate of drug-likeness (QED) is 0.805. The monoisotopic (exact) mass is 240 g/mol. The number of rotatable bonds is 5. The second-order valence-electron chi connectivity index (χ2n) is 3.20. The van der Waals surface area contributed by atoms with Crippen molar-refractivity contribution in [2.45, 2.75) is 13.3 Å². The molecule has 0 aliphatic heterocycles. The van der Waals surface area contributed by atoms with Gasteiger partial charge in [-0.3, -0.25) is 0 Å². The van der Waals surface area contributed by atoms with Crippen molar-refractivity contribution in [3.05, 3.63) is 35.9 Å². The minimum atomic E-state index is -1.06. The Morgan fingerprint density at radius 3 is 2.56 bits per heavy atom. The van der Waals surface area contributed by atoms with Crippen molar-refractivity contribution < 1.29 is 14.6 Å². The first-order valence-electron chi connectivity index (χ1n) is 4.97. The minimum Gasteiger partial charge on any atom is -0.494 e. The molecule has 4 heteroatoms. The van der Waals surface area contributed by atoms with Gasteiger partial charge < -0.3 is 9.84 Å². The van der Waals surface area contributed by atoms with Gasteiger partial charge in [-0.1, -0.05) is 18.5 Å². The Morgan fingerprint density at radius 1 is 1.44 bits per heavy atom. The summed E-state index contributed by atoms with van der Waals surface area (Å²) >= 11 is 5.80. The van der Waals surface area contributed by atoms with Crippen molar-refractivity contribution in [1.29, 1.82) is 0 Å². The molecule has 0 aliphatic carbocycles.